The fourth-order valence-corrected chi connectivity index (χ4v) is 1.24. The van der Waals surface area contributed by atoms with E-state index >= 15 is 0 Å². The lowest BCUT2D eigenvalue weighted by Crippen LogP contribution is -2.44. The summed E-state index contributed by atoms with van der Waals surface area (Å²) in [7, 11) is 0. The van der Waals surface area contributed by atoms with Crippen molar-refractivity contribution in [3.05, 3.63) is 35.9 Å². The third kappa shape index (κ3) is 3.14. The van der Waals surface area contributed by atoms with Gasteiger partial charge < -0.3 is 5.11 Å². The first kappa shape index (κ1) is 10.2. The van der Waals surface area contributed by atoms with Crippen LogP contribution in [0.25, 0.3) is 0 Å². The van der Waals surface area contributed by atoms with Crippen molar-refractivity contribution in [3.63, 3.8) is 0 Å². The van der Waals surface area contributed by atoms with Gasteiger partial charge in [0.15, 0.2) is 0 Å². The molecule has 0 heterocycles. The highest BCUT2D eigenvalue weighted by molar-refractivity contribution is 5.16. The Hall–Kier alpha value is -0.900. The Bertz CT molecular complexity index is 236. The Morgan fingerprint density at radius 1 is 1.38 bits per heavy atom. The Kier molecular flexibility index (Phi) is 3.89. The third-order valence-corrected chi connectivity index (χ3v) is 2.09. The first-order valence-electron chi connectivity index (χ1n) is 4.42. The molecular formula is C10H16N2O. The van der Waals surface area contributed by atoms with Gasteiger partial charge in [-0.1, -0.05) is 30.3 Å². The molecule has 1 aromatic rings. The highest BCUT2D eigenvalue weighted by Gasteiger charge is 2.12. The van der Waals surface area contributed by atoms with Crippen molar-refractivity contribution in [3.8, 4) is 0 Å². The molecule has 0 aromatic heterocycles. The maximum atomic E-state index is 9.33. The largest absolute Gasteiger partial charge is 0.392 e. The van der Waals surface area contributed by atoms with Crippen LogP contribution in [0.3, 0.4) is 0 Å². The molecule has 3 nitrogen and oxygen atoms in total. The number of hydrogen-bond acceptors (Lipinski definition) is 3. The molecule has 3 heteroatoms. The molecule has 0 radical (unpaired) electrons. The minimum Gasteiger partial charge on any atom is -0.392 e. The summed E-state index contributed by atoms with van der Waals surface area (Å²) < 4.78 is 0. The van der Waals surface area contributed by atoms with Gasteiger partial charge in [0.05, 0.1) is 12.1 Å². The van der Waals surface area contributed by atoms with Crippen molar-refractivity contribution in [2.24, 2.45) is 5.84 Å². The van der Waals surface area contributed by atoms with Crippen molar-refractivity contribution in [2.75, 3.05) is 0 Å². The van der Waals surface area contributed by atoms with Crippen LogP contribution >= 0.6 is 0 Å². The van der Waals surface area contributed by atoms with Crippen molar-refractivity contribution in [2.45, 2.75) is 25.5 Å². The summed E-state index contributed by atoms with van der Waals surface area (Å²) in [6.07, 6.45) is 0.305. The average Bonchev–Trinajstić information content (AvgIpc) is 2.15. The summed E-state index contributed by atoms with van der Waals surface area (Å²) in [6.45, 7) is 1.73. The van der Waals surface area contributed by atoms with Crippen LogP contribution in [0.1, 0.15) is 12.5 Å². The monoisotopic (exact) mass is 180 g/mol. The van der Waals surface area contributed by atoms with E-state index in [0.29, 0.717) is 0 Å². The zero-order valence-electron chi connectivity index (χ0n) is 7.77. The van der Waals surface area contributed by atoms with Crippen LogP contribution in [0.15, 0.2) is 30.3 Å². The molecule has 0 unspecified atom stereocenters. The highest BCUT2D eigenvalue weighted by Crippen LogP contribution is 2.04. The molecule has 0 aliphatic rings. The van der Waals surface area contributed by atoms with Crippen LogP contribution < -0.4 is 11.3 Å². The lowest BCUT2D eigenvalue weighted by atomic mass is 10.0. The Morgan fingerprint density at radius 2 is 2.00 bits per heavy atom. The molecule has 0 saturated heterocycles. The molecule has 1 rings (SSSR count). The van der Waals surface area contributed by atoms with Gasteiger partial charge in [0.1, 0.15) is 0 Å². The topological polar surface area (TPSA) is 58.3 Å². The van der Waals surface area contributed by atoms with Crippen LogP contribution in [0.2, 0.25) is 0 Å². The Balaban J connectivity index is 2.57. The van der Waals surface area contributed by atoms with E-state index in [-0.39, 0.29) is 6.04 Å². The molecule has 4 N–H and O–H groups in total. The first-order valence-corrected chi connectivity index (χ1v) is 4.42. The van der Waals surface area contributed by atoms with Crippen LogP contribution in [0.5, 0.6) is 0 Å². The Labute approximate surface area is 78.5 Å². The number of hydrogen-bond donors (Lipinski definition) is 3. The lowest BCUT2D eigenvalue weighted by Gasteiger charge is -2.18. The zero-order valence-corrected chi connectivity index (χ0v) is 7.77. The fraction of sp³-hybridized carbons (Fsp3) is 0.400. The molecule has 0 saturated carbocycles. The first-order chi connectivity index (χ1) is 6.24. The van der Waals surface area contributed by atoms with Crippen molar-refractivity contribution < 1.29 is 5.11 Å². The van der Waals surface area contributed by atoms with Gasteiger partial charge in [-0.15, -0.1) is 0 Å². The van der Waals surface area contributed by atoms with E-state index in [0.717, 1.165) is 6.42 Å². The summed E-state index contributed by atoms with van der Waals surface area (Å²) in [5, 5.41) is 9.33. The zero-order chi connectivity index (χ0) is 9.68. The van der Waals surface area contributed by atoms with Crippen LogP contribution in [-0.2, 0) is 6.42 Å². The smallest absolute Gasteiger partial charge is 0.0681 e. The summed E-state index contributed by atoms with van der Waals surface area (Å²) in [5.41, 5.74) is 3.77. The van der Waals surface area contributed by atoms with E-state index in [9.17, 15) is 5.11 Å². The summed E-state index contributed by atoms with van der Waals surface area (Å²) in [5.74, 6) is 5.31. The molecule has 2 atom stereocenters. The van der Waals surface area contributed by atoms with Crippen molar-refractivity contribution >= 4 is 0 Å². The number of aliphatic hydroxyl groups excluding tert-OH is 1. The van der Waals surface area contributed by atoms with Crippen LogP contribution in [-0.4, -0.2) is 17.3 Å². The molecule has 0 aliphatic carbocycles. The molecule has 0 spiro atoms. The van der Waals surface area contributed by atoms with Gasteiger partial charge >= 0.3 is 0 Å². The highest BCUT2D eigenvalue weighted by atomic mass is 16.3. The summed E-state index contributed by atoms with van der Waals surface area (Å²) in [4.78, 5) is 0. The average molecular weight is 180 g/mol. The SMILES string of the molecule is C[C@H](O)[C@H](Cc1ccccc1)NN. The van der Waals surface area contributed by atoms with Gasteiger partial charge in [-0.3, -0.25) is 11.3 Å². The van der Waals surface area contributed by atoms with Crippen LogP contribution in [0, 0.1) is 0 Å². The van der Waals surface area contributed by atoms with E-state index < -0.39 is 6.10 Å². The number of benzene rings is 1. The summed E-state index contributed by atoms with van der Waals surface area (Å²) >= 11 is 0. The molecule has 0 fully saturated rings. The summed E-state index contributed by atoms with van der Waals surface area (Å²) in [6, 6.07) is 9.88. The second kappa shape index (κ2) is 4.97. The molecule has 0 amide bonds. The number of hydrazine groups is 1. The Morgan fingerprint density at radius 3 is 2.46 bits per heavy atom. The normalized spacial score (nSPS) is 15.3. The number of rotatable bonds is 4. The van der Waals surface area contributed by atoms with Gasteiger partial charge in [-0.05, 0) is 18.9 Å². The number of nitrogens with two attached hydrogens (primary N) is 1. The van der Waals surface area contributed by atoms with Gasteiger partial charge in [0.25, 0.3) is 0 Å². The maximum absolute atomic E-state index is 9.33. The molecule has 0 aliphatic heterocycles. The van der Waals surface area contributed by atoms with E-state index in [4.69, 9.17) is 5.84 Å². The molecule has 13 heavy (non-hydrogen) atoms. The second-order valence-electron chi connectivity index (χ2n) is 3.20. The fourth-order valence-electron chi connectivity index (χ4n) is 1.24. The second-order valence-corrected chi connectivity index (χ2v) is 3.20. The minimum atomic E-state index is -0.440. The molecule has 1 aromatic carbocycles. The number of nitrogens with one attached hydrogen (secondary N) is 1. The van der Waals surface area contributed by atoms with Gasteiger partial charge in [-0.25, -0.2) is 0 Å². The third-order valence-electron chi connectivity index (χ3n) is 2.09. The maximum Gasteiger partial charge on any atom is 0.0681 e. The van der Waals surface area contributed by atoms with Gasteiger partial charge in [0.2, 0.25) is 0 Å². The predicted molar refractivity (Wildman–Crippen MR) is 52.9 cm³/mol. The van der Waals surface area contributed by atoms with E-state index in [1.165, 1.54) is 5.56 Å². The lowest BCUT2D eigenvalue weighted by molar-refractivity contribution is 0.145. The molecule has 0 bridgehead atoms. The minimum absolute atomic E-state index is 0.0811. The van der Waals surface area contributed by atoms with Crippen molar-refractivity contribution in [1.29, 1.82) is 0 Å². The quantitative estimate of drug-likeness (QED) is 0.465. The van der Waals surface area contributed by atoms with E-state index in [2.05, 4.69) is 5.43 Å². The standard InChI is InChI=1S/C10H16N2O/c1-8(13)10(12-11)7-9-5-3-2-4-6-9/h2-6,8,10,12-13H,7,11H2,1H3/t8-,10-/m0/s1. The van der Waals surface area contributed by atoms with Crippen molar-refractivity contribution in [1.82, 2.24) is 5.43 Å². The van der Waals surface area contributed by atoms with Crippen LogP contribution in [0.4, 0.5) is 0 Å². The van der Waals surface area contributed by atoms with Gasteiger partial charge in [-0.2, -0.15) is 0 Å². The van der Waals surface area contributed by atoms with E-state index in [1.54, 1.807) is 6.92 Å². The molecule has 72 valence electrons. The van der Waals surface area contributed by atoms with E-state index in [1.807, 2.05) is 30.3 Å². The predicted octanol–water partition coefficient (Wildman–Crippen LogP) is 0.442. The van der Waals surface area contributed by atoms with Gasteiger partial charge in [0, 0.05) is 0 Å². The molecular weight excluding hydrogens is 164 g/mol. The number of aliphatic hydroxyl groups is 1.